The van der Waals surface area contributed by atoms with Crippen LogP contribution in [-0.4, -0.2) is 25.4 Å². The van der Waals surface area contributed by atoms with Crippen LogP contribution in [-0.2, 0) is 0 Å². The molecule has 1 aromatic carbocycles. The summed E-state index contributed by atoms with van der Waals surface area (Å²) in [7, 11) is 3.35. The number of benzene rings is 1. The van der Waals surface area contributed by atoms with Gasteiger partial charge in [-0.3, -0.25) is 4.79 Å². The molecule has 0 saturated heterocycles. The summed E-state index contributed by atoms with van der Waals surface area (Å²) in [5, 5.41) is 5.92. The summed E-state index contributed by atoms with van der Waals surface area (Å²) in [4.78, 5) is 15.4. The molecule has 6 heteroatoms. The van der Waals surface area contributed by atoms with Gasteiger partial charge in [-0.1, -0.05) is 11.6 Å². The Hall–Kier alpha value is -1.59. The first-order valence-electron chi connectivity index (χ1n) is 5.93. The lowest BCUT2D eigenvalue weighted by Gasteiger charge is -2.11. The van der Waals surface area contributed by atoms with Crippen molar-refractivity contribution >= 4 is 40.0 Å². The van der Waals surface area contributed by atoms with E-state index in [0.29, 0.717) is 27.4 Å². The van der Waals surface area contributed by atoms with Crippen molar-refractivity contribution < 1.29 is 4.74 Å². The van der Waals surface area contributed by atoms with Crippen LogP contribution in [0.25, 0.3) is 16.6 Å². The molecule has 0 aliphatic heterocycles. The van der Waals surface area contributed by atoms with Gasteiger partial charge in [0.1, 0.15) is 10.8 Å². The molecular formula is C14H15ClN2O2S. The monoisotopic (exact) mass is 310 g/mol. The Morgan fingerprint density at radius 3 is 2.85 bits per heavy atom. The summed E-state index contributed by atoms with van der Waals surface area (Å²) in [5.41, 5.74) is 2.02. The van der Waals surface area contributed by atoms with Crippen LogP contribution in [0.2, 0.25) is 5.02 Å². The smallest absolute Gasteiger partial charge is 0.190 e. The molecule has 4 nitrogen and oxygen atoms in total. The van der Waals surface area contributed by atoms with Crippen LogP contribution in [0.5, 0.6) is 5.75 Å². The maximum atomic E-state index is 12.2. The van der Waals surface area contributed by atoms with E-state index in [2.05, 4.69) is 10.3 Å². The number of rotatable bonds is 4. The lowest BCUT2D eigenvalue weighted by molar-refractivity contribution is 0.415. The summed E-state index contributed by atoms with van der Waals surface area (Å²) >= 11 is 7.82. The summed E-state index contributed by atoms with van der Waals surface area (Å²) < 4.78 is 5.18. The number of aromatic amines is 1. The molecule has 0 atom stereocenters. The number of thioether (sulfide) groups is 1. The highest BCUT2D eigenvalue weighted by Crippen LogP contribution is 2.30. The van der Waals surface area contributed by atoms with E-state index in [0.717, 1.165) is 5.70 Å². The van der Waals surface area contributed by atoms with Crippen LogP contribution in [0.4, 0.5) is 0 Å². The van der Waals surface area contributed by atoms with Gasteiger partial charge in [0.2, 0.25) is 0 Å². The molecule has 0 amide bonds. The molecule has 1 heterocycles. The van der Waals surface area contributed by atoms with Crippen molar-refractivity contribution in [3.8, 4) is 5.75 Å². The molecule has 20 heavy (non-hydrogen) atoms. The molecule has 0 radical (unpaired) electrons. The number of methoxy groups -OCH3 is 1. The third-order valence-electron chi connectivity index (χ3n) is 2.92. The van der Waals surface area contributed by atoms with Gasteiger partial charge in [0.05, 0.1) is 24.0 Å². The van der Waals surface area contributed by atoms with E-state index in [-0.39, 0.29) is 5.43 Å². The molecule has 2 aromatic rings. The summed E-state index contributed by atoms with van der Waals surface area (Å²) in [5.74, 6) is 0.534. The molecule has 0 saturated carbocycles. The number of hydrogen-bond acceptors (Lipinski definition) is 4. The largest absolute Gasteiger partial charge is 0.495 e. The predicted octanol–water partition coefficient (Wildman–Crippen LogP) is 3.07. The second kappa shape index (κ2) is 6.24. The van der Waals surface area contributed by atoms with Gasteiger partial charge in [-0.05, 0) is 23.8 Å². The molecule has 2 rings (SSSR count). The van der Waals surface area contributed by atoms with Crippen molar-refractivity contribution in [3.63, 3.8) is 0 Å². The van der Waals surface area contributed by atoms with Crippen molar-refractivity contribution in [1.82, 2.24) is 10.3 Å². The van der Waals surface area contributed by atoms with Crippen LogP contribution in [0.15, 0.2) is 28.4 Å². The Morgan fingerprint density at radius 2 is 2.25 bits per heavy atom. The van der Waals surface area contributed by atoms with E-state index in [4.69, 9.17) is 16.3 Å². The van der Waals surface area contributed by atoms with E-state index in [1.54, 1.807) is 44.1 Å². The second-order valence-corrected chi connectivity index (χ2v) is 5.15. The minimum Gasteiger partial charge on any atom is -0.495 e. The number of ether oxygens (including phenoxy) is 1. The van der Waals surface area contributed by atoms with Gasteiger partial charge >= 0.3 is 0 Å². The molecular weight excluding hydrogens is 296 g/mol. The topological polar surface area (TPSA) is 54.1 Å². The molecule has 1 aromatic heterocycles. The third kappa shape index (κ3) is 2.64. The molecule has 106 valence electrons. The quantitative estimate of drug-likeness (QED) is 0.911. The number of halogens is 1. The van der Waals surface area contributed by atoms with Gasteiger partial charge < -0.3 is 15.0 Å². The average molecular weight is 311 g/mol. The maximum absolute atomic E-state index is 12.2. The van der Waals surface area contributed by atoms with E-state index in [1.807, 2.05) is 11.7 Å². The number of fused-ring (bicyclic) bond motifs is 1. The van der Waals surface area contributed by atoms with Gasteiger partial charge in [-0.15, -0.1) is 11.8 Å². The fraction of sp³-hybridized carbons (Fsp3) is 0.214. The summed E-state index contributed by atoms with van der Waals surface area (Å²) in [6.45, 7) is 0. The van der Waals surface area contributed by atoms with Gasteiger partial charge in [-0.25, -0.2) is 0 Å². The highest BCUT2D eigenvalue weighted by molar-refractivity contribution is 8.01. The lowest BCUT2D eigenvalue weighted by Crippen LogP contribution is -2.11. The fourth-order valence-electron chi connectivity index (χ4n) is 1.94. The van der Waals surface area contributed by atoms with Crippen molar-refractivity contribution in [2.75, 3.05) is 20.4 Å². The second-order valence-electron chi connectivity index (χ2n) is 4.07. The van der Waals surface area contributed by atoms with Crippen LogP contribution in [0, 0.1) is 0 Å². The molecule has 0 bridgehead atoms. The first-order valence-corrected chi connectivity index (χ1v) is 7.59. The third-order valence-corrected chi connectivity index (χ3v) is 3.77. The van der Waals surface area contributed by atoms with Gasteiger partial charge in [0.15, 0.2) is 5.43 Å². The van der Waals surface area contributed by atoms with E-state index >= 15 is 0 Å². The minimum atomic E-state index is -0.0828. The van der Waals surface area contributed by atoms with Gasteiger partial charge in [0.25, 0.3) is 0 Å². The number of aromatic nitrogens is 1. The van der Waals surface area contributed by atoms with Crippen molar-refractivity contribution in [3.05, 3.63) is 44.5 Å². The average Bonchev–Trinajstić information content (AvgIpc) is 2.45. The highest BCUT2D eigenvalue weighted by atomic mass is 35.5. The molecule has 2 N–H and O–H groups in total. The minimum absolute atomic E-state index is 0.0828. The number of H-pyrrole nitrogens is 1. The van der Waals surface area contributed by atoms with Crippen molar-refractivity contribution in [2.45, 2.75) is 0 Å². The summed E-state index contributed by atoms with van der Waals surface area (Å²) in [6, 6.07) is 4.96. The van der Waals surface area contributed by atoms with Crippen LogP contribution >= 0.6 is 23.4 Å². The molecule has 0 aliphatic rings. The number of hydrogen-bond donors (Lipinski definition) is 2. The molecule has 0 spiro atoms. The van der Waals surface area contributed by atoms with E-state index < -0.39 is 0 Å². The van der Waals surface area contributed by atoms with Gasteiger partial charge in [-0.2, -0.15) is 0 Å². The lowest BCUT2D eigenvalue weighted by atomic mass is 10.1. The standard InChI is InChI=1S/C14H15ClN2O2S/c1-16-10(7-20-3)9-6-11(18)8-4-5-12(19-2)13(15)14(8)17-9/h4-7,16H,1-3H3,(H,17,18)/b10-7-. The first-order chi connectivity index (χ1) is 9.62. The predicted molar refractivity (Wildman–Crippen MR) is 86.7 cm³/mol. The summed E-state index contributed by atoms with van der Waals surface area (Å²) in [6.07, 6.45) is 1.95. The van der Waals surface area contributed by atoms with Crippen molar-refractivity contribution in [1.29, 1.82) is 0 Å². The fourth-order valence-corrected chi connectivity index (χ4v) is 2.71. The zero-order chi connectivity index (χ0) is 14.7. The first kappa shape index (κ1) is 14.8. The zero-order valence-electron chi connectivity index (χ0n) is 11.4. The highest BCUT2D eigenvalue weighted by Gasteiger charge is 2.11. The Bertz CT molecular complexity index is 725. The Morgan fingerprint density at radius 1 is 1.50 bits per heavy atom. The SMILES string of the molecule is CN/C(=C\SC)c1cc(=O)c2ccc(OC)c(Cl)c2[nH]1. The normalized spacial score (nSPS) is 11.7. The van der Waals surface area contributed by atoms with Gasteiger partial charge in [0, 0.05) is 18.5 Å². The van der Waals surface area contributed by atoms with E-state index in [1.165, 1.54) is 0 Å². The Balaban J connectivity index is 2.75. The molecule has 0 unspecified atom stereocenters. The van der Waals surface area contributed by atoms with Crippen molar-refractivity contribution in [2.24, 2.45) is 0 Å². The maximum Gasteiger partial charge on any atom is 0.190 e. The Kier molecular flexibility index (Phi) is 4.62. The zero-order valence-corrected chi connectivity index (χ0v) is 13.0. The Labute approximate surface area is 126 Å². The number of pyridine rings is 1. The number of nitrogens with one attached hydrogen (secondary N) is 2. The molecule has 0 aliphatic carbocycles. The van der Waals surface area contributed by atoms with Crippen LogP contribution in [0.3, 0.4) is 0 Å². The van der Waals surface area contributed by atoms with Crippen LogP contribution in [0.1, 0.15) is 5.69 Å². The molecule has 0 fully saturated rings. The van der Waals surface area contributed by atoms with E-state index in [9.17, 15) is 4.79 Å². The van der Waals surface area contributed by atoms with Crippen LogP contribution < -0.4 is 15.5 Å².